The van der Waals surface area contributed by atoms with Crippen molar-refractivity contribution in [3.63, 3.8) is 0 Å². The van der Waals surface area contributed by atoms with E-state index in [1.54, 1.807) is 0 Å². The second kappa shape index (κ2) is 6.62. The van der Waals surface area contributed by atoms with Crippen molar-refractivity contribution in [3.8, 4) is 0 Å². The van der Waals surface area contributed by atoms with E-state index in [0.29, 0.717) is 0 Å². The van der Waals surface area contributed by atoms with Gasteiger partial charge in [-0.3, -0.25) is 14.4 Å². The van der Waals surface area contributed by atoms with Crippen LogP contribution >= 0.6 is 11.8 Å². The number of aliphatic carboxylic acids is 1. The van der Waals surface area contributed by atoms with E-state index in [1.165, 1.54) is 11.8 Å². The summed E-state index contributed by atoms with van der Waals surface area (Å²) in [6.45, 7) is -0.651. The average molecular weight is 308 g/mol. The summed E-state index contributed by atoms with van der Waals surface area (Å²) in [5.41, 5.74) is 0. The van der Waals surface area contributed by atoms with Gasteiger partial charge in [0.25, 0.3) is 0 Å². The topological polar surface area (TPSA) is 95.5 Å². The van der Waals surface area contributed by atoms with Gasteiger partial charge in [-0.25, -0.2) is 0 Å². The lowest BCUT2D eigenvalue weighted by molar-refractivity contribution is -0.137. The van der Waals surface area contributed by atoms with Gasteiger partial charge < -0.3 is 15.7 Å². The van der Waals surface area contributed by atoms with Crippen LogP contribution in [0.15, 0.2) is 35.2 Å². The summed E-state index contributed by atoms with van der Waals surface area (Å²) in [5, 5.41) is 13.2. The molecule has 1 aliphatic rings. The van der Waals surface area contributed by atoms with Crippen LogP contribution in [-0.4, -0.2) is 40.7 Å². The Balaban J connectivity index is 1.80. The highest BCUT2D eigenvalue weighted by molar-refractivity contribution is 8.01. The third kappa shape index (κ3) is 4.49. The third-order valence-electron chi connectivity index (χ3n) is 3.02. The van der Waals surface area contributed by atoms with Crippen LogP contribution in [0.5, 0.6) is 0 Å². The number of nitrogens with one attached hydrogen (secondary N) is 2. The van der Waals surface area contributed by atoms with Crippen molar-refractivity contribution in [2.24, 2.45) is 0 Å². The van der Waals surface area contributed by atoms with Gasteiger partial charge in [0.1, 0.15) is 6.54 Å². The second-order valence-corrected chi connectivity index (χ2v) is 6.22. The number of hydrogen-bond donors (Lipinski definition) is 3. The van der Waals surface area contributed by atoms with Crippen LogP contribution in [-0.2, 0) is 14.4 Å². The number of carbonyl (C=O) groups is 3. The first-order valence-electron chi connectivity index (χ1n) is 6.53. The van der Waals surface area contributed by atoms with E-state index in [9.17, 15) is 14.4 Å². The van der Waals surface area contributed by atoms with E-state index in [-0.39, 0.29) is 12.5 Å². The van der Waals surface area contributed by atoms with Crippen LogP contribution in [0.25, 0.3) is 0 Å². The van der Waals surface area contributed by atoms with Crippen molar-refractivity contribution in [2.75, 3.05) is 13.1 Å². The molecule has 0 spiro atoms. The maximum atomic E-state index is 12.1. The van der Waals surface area contributed by atoms with Crippen LogP contribution in [0.1, 0.15) is 12.8 Å². The van der Waals surface area contributed by atoms with E-state index >= 15 is 0 Å². The lowest BCUT2D eigenvalue weighted by atomic mass is 10.3. The summed E-state index contributed by atoms with van der Waals surface area (Å²) < 4.78 is -0.492. The fourth-order valence-electron chi connectivity index (χ4n) is 1.76. The van der Waals surface area contributed by atoms with Crippen molar-refractivity contribution < 1.29 is 19.5 Å². The standard InChI is InChI=1S/C14H16N2O4S/c17-11(15-9-12(18)19)8-16-13(20)14(6-7-14)21-10-4-2-1-3-5-10/h1-5H,6-9H2,(H,15,17)(H,16,20)(H,18,19). The number of benzene rings is 1. The van der Waals surface area contributed by atoms with Gasteiger partial charge in [-0.1, -0.05) is 18.2 Å². The predicted octanol–water partition coefficient (Wildman–Crippen LogP) is 0.628. The third-order valence-corrected chi connectivity index (χ3v) is 4.51. The molecule has 0 radical (unpaired) electrons. The molecule has 0 unspecified atom stereocenters. The van der Waals surface area contributed by atoms with E-state index in [1.807, 2.05) is 30.3 Å². The van der Waals surface area contributed by atoms with Gasteiger partial charge in [0.05, 0.1) is 11.3 Å². The summed E-state index contributed by atoms with van der Waals surface area (Å²) in [7, 11) is 0. The summed E-state index contributed by atoms with van der Waals surface area (Å²) in [6.07, 6.45) is 1.55. The zero-order valence-electron chi connectivity index (χ0n) is 11.3. The van der Waals surface area contributed by atoms with E-state index in [0.717, 1.165) is 17.7 Å². The van der Waals surface area contributed by atoms with Gasteiger partial charge in [0, 0.05) is 4.90 Å². The molecule has 112 valence electrons. The molecular formula is C14H16N2O4S. The molecule has 1 aromatic rings. The number of amides is 2. The first kappa shape index (κ1) is 15.4. The van der Waals surface area contributed by atoms with Crippen LogP contribution in [0, 0.1) is 0 Å². The highest BCUT2D eigenvalue weighted by Gasteiger charge is 2.50. The quantitative estimate of drug-likeness (QED) is 0.686. The molecule has 0 aliphatic heterocycles. The molecule has 3 N–H and O–H groups in total. The van der Waals surface area contributed by atoms with Crippen molar-refractivity contribution in [1.82, 2.24) is 10.6 Å². The molecule has 0 atom stereocenters. The molecule has 0 saturated heterocycles. The molecule has 1 aliphatic carbocycles. The molecule has 1 aromatic carbocycles. The molecule has 1 fully saturated rings. The summed E-state index contributed by atoms with van der Waals surface area (Å²) in [5.74, 6) is -1.80. The molecule has 0 bridgehead atoms. The van der Waals surface area contributed by atoms with E-state index in [2.05, 4.69) is 10.6 Å². The Labute approximate surface area is 126 Å². The molecule has 2 amide bonds. The van der Waals surface area contributed by atoms with Crippen LogP contribution in [0.3, 0.4) is 0 Å². The molecule has 0 aromatic heterocycles. The summed E-state index contributed by atoms with van der Waals surface area (Å²) in [4.78, 5) is 34.8. The number of carbonyl (C=O) groups excluding carboxylic acids is 2. The maximum Gasteiger partial charge on any atom is 0.322 e. The first-order chi connectivity index (χ1) is 10.0. The van der Waals surface area contributed by atoms with Crippen molar-refractivity contribution in [3.05, 3.63) is 30.3 Å². The zero-order chi connectivity index (χ0) is 15.3. The van der Waals surface area contributed by atoms with Gasteiger partial charge in [0.2, 0.25) is 11.8 Å². The van der Waals surface area contributed by atoms with Crippen molar-refractivity contribution in [2.45, 2.75) is 22.5 Å². The Hall–Kier alpha value is -2.02. The smallest absolute Gasteiger partial charge is 0.322 e. The largest absolute Gasteiger partial charge is 0.480 e. The predicted molar refractivity (Wildman–Crippen MR) is 77.9 cm³/mol. The minimum absolute atomic E-state index is 0.179. The Kier molecular flexibility index (Phi) is 4.85. The van der Waals surface area contributed by atoms with Crippen LogP contribution in [0.4, 0.5) is 0 Å². The number of rotatable bonds is 7. The second-order valence-electron chi connectivity index (χ2n) is 4.76. The Morgan fingerprint density at radius 1 is 1.10 bits per heavy atom. The number of carboxylic acids is 1. The lowest BCUT2D eigenvalue weighted by Gasteiger charge is -2.14. The van der Waals surface area contributed by atoms with Crippen molar-refractivity contribution >= 4 is 29.5 Å². The van der Waals surface area contributed by atoms with Crippen LogP contribution in [0.2, 0.25) is 0 Å². The van der Waals surface area contributed by atoms with E-state index in [4.69, 9.17) is 5.11 Å². The highest BCUT2D eigenvalue weighted by Crippen LogP contribution is 2.51. The molecular weight excluding hydrogens is 292 g/mol. The zero-order valence-corrected chi connectivity index (χ0v) is 12.1. The fraction of sp³-hybridized carbons (Fsp3) is 0.357. The lowest BCUT2D eigenvalue weighted by Crippen LogP contribution is -2.42. The minimum Gasteiger partial charge on any atom is -0.480 e. The molecule has 21 heavy (non-hydrogen) atoms. The monoisotopic (exact) mass is 308 g/mol. The normalized spacial score (nSPS) is 15.0. The minimum atomic E-state index is -1.12. The molecule has 7 heteroatoms. The summed E-state index contributed by atoms with van der Waals surface area (Å²) in [6, 6.07) is 9.62. The Morgan fingerprint density at radius 3 is 2.33 bits per heavy atom. The Bertz CT molecular complexity index is 543. The number of hydrogen-bond acceptors (Lipinski definition) is 4. The first-order valence-corrected chi connectivity index (χ1v) is 7.34. The van der Waals surface area contributed by atoms with Crippen LogP contribution < -0.4 is 10.6 Å². The van der Waals surface area contributed by atoms with Crippen molar-refractivity contribution in [1.29, 1.82) is 0 Å². The number of carboxylic acid groups (broad SMARTS) is 1. The SMILES string of the molecule is O=C(O)CNC(=O)CNC(=O)C1(Sc2ccccc2)CC1. The summed E-state index contributed by atoms with van der Waals surface area (Å²) >= 11 is 1.50. The number of thioether (sulfide) groups is 1. The van der Waals surface area contributed by atoms with Gasteiger partial charge >= 0.3 is 5.97 Å². The average Bonchev–Trinajstić information content (AvgIpc) is 3.24. The fourth-order valence-corrected chi connectivity index (χ4v) is 2.98. The maximum absolute atomic E-state index is 12.1. The molecule has 1 saturated carbocycles. The molecule has 0 heterocycles. The molecule has 6 nitrogen and oxygen atoms in total. The van der Waals surface area contributed by atoms with Gasteiger partial charge in [-0.05, 0) is 25.0 Å². The molecule has 2 rings (SSSR count). The van der Waals surface area contributed by atoms with Gasteiger partial charge in [-0.15, -0.1) is 11.8 Å². The van der Waals surface area contributed by atoms with Gasteiger partial charge in [-0.2, -0.15) is 0 Å². The van der Waals surface area contributed by atoms with E-state index < -0.39 is 23.2 Å². The highest BCUT2D eigenvalue weighted by atomic mass is 32.2. The van der Waals surface area contributed by atoms with Gasteiger partial charge in [0.15, 0.2) is 0 Å². The Morgan fingerprint density at radius 2 is 1.76 bits per heavy atom.